The largest absolute Gasteiger partial charge is 0.497 e. The van der Waals surface area contributed by atoms with Crippen LogP contribution in [0.25, 0.3) is 0 Å². The first-order chi connectivity index (χ1) is 9.52. The van der Waals surface area contributed by atoms with Crippen LogP contribution < -0.4 is 4.74 Å². The summed E-state index contributed by atoms with van der Waals surface area (Å²) in [6.45, 7) is 1.97. The number of fused-ring (bicyclic) bond motifs is 1. The highest BCUT2D eigenvalue weighted by atomic mass is 16.5. The van der Waals surface area contributed by atoms with Crippen molar-refractivity contribution in [2.24, 2.45) is 0 Å². The van der Waals surface area contributed by atoms with E-state index in [1.807, 2.05) is 12.1 Å². The average molecular weight is 278 g/mol. The van der Waals surface area contributed by atoms with Gasteiger partial charge in [0.25, 0.3) is 0 Å². The zero-order valence-electron chi connectivity index (χ0n) is 13.0. The number of ether oxygens (including phenoxy) is 1. The Hall–Kier alpha value is -1.10. The van der Waals surface area contributed by atoms with E-state index in [2.05, 4.69) is 37.0 Å². The molecule has 0 bridgehead atoms. The summed E-state index contributed by atoms with van der Waals surface area (Å²) in [5.74, 6) is 0.819. The van der Waals surface area contributed by atoms with E-state index in [4.69, 9.17) is 4.74 Å². The molecule has 0 amide bonds. The summed E-state index contributed by atoms with van der Waals surface area (Å²) < 4.78 is 5.27. The summed E-state index contributed by atoms with van der Waals surface area (Å²) >= 11 is 0. The SMILES string of the molecule is COc1ccc2c(c1)C(O)C(N(C)CCN(C)C)CC2. The van der Waals surface area contributed by atoms with Gasteiger partial charge < -0.3 is 14.7 Å². The van der Waals surface area contributed by atoms with Crippen LogP contribution in [0.1, 0.15) is 23.7 Å². The van der Waals surface area contributed by atoms with Crippen LogP contribution >= 0.6 is 0 Å². The van der Waals surface area contributed by atoms with E-state index in [0.29, 0.717) is 0 Å². The van der Waals surface area contributed by atoms with Gasteiger partial charge in [0, 0.05) is 19.1 Å². The van der Waals surface area contributed by atoms with E-state index in [0.717, 1.165) is 37.2 Å². The number of aliphatic hydroxyl groups is 1. The molecule has 0 heterocycles. The smallest absolute Gasteiger partial charge is 0.119 e. The van der Waals surface area contributed by atoms with Crippen LogP contribution in [0.4, 0.5) is 0 Å². The van der Waals surface area contributed by atoms with Crippen LogP contribution in [-0.2, 0) is 6.42 Å². The van der Waals surface area contributed by atoms with Gasteiger partial charge in [0.15, 0.2) is 0 Å². The van der Waals surface area contributed by atoms with Gasteiger partial charge in [-0.3, -0.25) is 4.90 Å². The predicted molar refractivity (Wildman–Crippen MR) is 81.2 cm³/mol. The summed E-state index contributed by atoms with van der Waals surface area (Å²) in [5.41, 5.74) is 2.27. The molecule has 0 saturated carbocycles. The number of methoxy groups -OCH3 is 1. The second-order valence-electron chi connectivity index (χ2n) is 5.90. The summed E-state index contributed by atoms with van der Waals surface area (Å²) in [5, 5.41) is 10.7. The Bertz CT molecular complexity index is 448. The average Bonchev–Trinajstić information content (AvgIpc) is 2.45. The predicted octanol–water partition coefficient (Wildman–Crippen LogP) is 1.54. The molecule has 4 heteroatoms. The van der Waals surface area contributed by atoms with Gasteiger partial charge in [0.1, 0.15) is 5.75 Å². The molecule has 1 aliphatic carbocycles. The molecule has 0 spiro atoms. The zero-order valence-corrected chi connectivity index (χ0v) is 13.0. The second-order valence-corrected chi connectivity index (χ2v) is 5.90. The first kappa shape index (κ1) is 15.3. The molecule has 112 valence electrons. The molecule has 20 heavy (non-hydrogen) atoms. The summed E-state index contributed by atoms with van der Waals surface area (Å²) in [6.07, 6.45) is 1.60. The Morgan fingerprint density at radius 3 is 2.65 bits per heavy atom. The van der Waals surface area contributed by atoms with Gasteiger partial charge in [0.2, 0.25) is 0 Å². The molecule has 2 unspecified atom stereocenters. The third-order valence-electron chi connectivity index (χ3n) is 4.21. The molecule has 0 aromatic heterocycles. The lowest BCUT2D eigenvalue weighted by molar-refractivity contribution is 0.0470. The number of aryl methyl sites for hydroxylation is 1. The molecule has 2 rings (SSSR count). The lowest BCUT2D eigenvalue weighted by Gasteiger charge is -2.37. The molecule has 1 aromatic rings. The van der Waals surface area contributed by atoms with Crippen molar-refractivity contribution in [3.63, 3.8) is 0 Å². The first-order valence-electron chi connectivity index (χ1n) is 7.22. The van der Waals surface area contributed by atoms with Crippen LogP contribution in [0.15, 0.2) is 18.2 Å². The van der Waals surface area contributed by atoms with Crippen LogP contribution in [0.3, 0.4) is 0 Å². The molecule has 1 N–H and O–H groups in total. The highest BCUT2D eigenvalue weighted by Gasteiger charge is 2.30. The number of nitrogens with zero attached hydrogens (tertiary/aromatic N) is 2. The highest BCUT2D eigenvalue weighted by molar-refractivity contribution is 5.39. The lowest BCUT2D eigenvalue weighted by atomic mass is 9.85. The van der Waals surface area contributed by atoms with Crippen LogP contribution in [-0.4, -0.2) is 62.3 Å². The molecular weight excluding hydrogens is 252 g/mol. The van der Waals surface area contributed by atoms with Gasteiger partial charge in [-0.05, 0) is 57.2 Å². The summed E-state index contributed by atoms with van der Waals surface area (Å²) in [4.78, 5) is 4.44. The maximum Gasteiger partial charge on any atom is 0.119 e. The molecule has 1 aromatic carbocycles. The van der Waals surface area contributed by atoms with E-state index in [1.165, 1.54) is 5.56 Å². The number of benzene rings is 1. The fraction of sp³-hybridized carbons (Fsp3) is 0.625. The number of hydrogen-bond donors (Lipinski definition) is 1. The van der Waals surface area contributed by atoms with E-state index in [9.17, 15) is 5.11 Å². The van der Waals surface area contributed by atoms with Crippen molar-refractivity contribution in [3.8, 4) is 5.75 Å². The number of rotatable bonds is 5. The van der Waals surface area contributed by atoms with Crippen molar-refractivity contribution in [2.75, 3.05) is 41.3 Å². The molecular formula is C16H26N2O2. The minimum atomic E-state index is -0.430. The minimum Gasteiger partial charge on any atom is -0.497 e. The van der Waals surface area contributed by atoms with Gasteiger partial charge >= 0.3 is 0 Å². The first-order valence-corrected chi connectivity index (χ1v) is 7.22. The van der Waals surface area contributed by atoms with Crippen LogP contribution in [0.2, 0.25) is 0 Å². The zero-order chi connectivity index (χ0) is 14.7. The molecule has 1 aliphatic rings. The quantitative estimate of drug-likeness (QED) is 0.886. The summed E-state index contributed by atoms with van der Waals surface area (Å²) in [7, 11) is 7.91. The number of hydrogen-bond acceptors (Lipinski definition) is 4. The fourth-order valence-corrected chi connectivity index (χ4v) is 2.86. The van der Waals surface area contributed by atoms with Crippen molar-refractivity contribution < 1.29 is 9.84 Å². The molecule has 0 saturated heterocycles. The Kier molecular flexibility index (Phi) is 5.02. The van der Waals surface area contributed by atoms with Gasteiger partial charge in [-0.2, -0.15) is 0 Å². The fourth-order valence-electron chi connectivity index (χ4n) is 2.86. The van der Waals surface area contributed by atoms with E-state index >= 15 is 0 Å². The van der Waals surface area contributed by atoms with Gasteiger partial charge in [-0.25, -0.2) is 0 Å². The standard InChI is InChI=1S/C16H26N2O2/c1-17(2)9-10-18(3)15-8-6-12-5-7-13(20-4)11-14(12)16(15)19/h5,7,11,15-16,19H,6,8-10H2,1-4H3. The molecule has 0 fully saturated rings. The van der Waals surface area contributed by atoms with E-state index < -0.39 is 6.10 Å². The Labute approximate surface area is 122 Å². The van der Waals surface area contributed by atoms with E-state index in [-0.39, 0.29) is 6.04 Å². The summed E-state index contributed by atoms with van der Waals surface area (Å²) in [6, 6.07) is 6.22. The molecule has 0 radical (unpaired) electrons. The maximum absolute atomic E-state index is 10.7. The Morgan fingerprint density at radius 2 is 2.00 bits per heavy atom. The van der Waals surface area contributed by atoms with Crippen LogP contribution in [0, 0.1) is 0 Å². The molecule has 0 aliphatic heterocycles. The second kappa shape index (κ2) is 6.57. The monoisotopic (exact) mass is 278 g/mol. The minimum absolute atomic E-state index is 0.189. The molecule has 4 nitrogen and oxygen atoms in total. The lowest BCUT2D eigenvalue weighted by Crippen LogP contribution is -2.42. The van der Waals surface area contributed by atoms with Crippen LogP contribution in [0.5, 0.6) is 5.75 Å². The van der Waals surface area contributed by atoms with Crippen molar-refractivity contribution in [2.45, 2.75) is 25.0 Å². The third-order valence-corrected chi connectivity index (χ3v) is 4.21. The number of aliphatic hydroxyl groups excluding tert-OH is 1. The van der Waals surface area contributed by atoms with Crippen molar-refractivity contribution in [3.05, 3.63) is 29.3 Å². The van der Waals surface area contributed by atoms with E-state index in [1.54, 1.807) is 7.11 Å². The van der Waals surface area contributed by atoms with Gasteiger partial charge in [0.05, 0.1) is 13.2 Å². The van der Waals surface area contributed by atoms with Gasteiger partial charge in [-0.1, -0.05) is 6.07 Å². The Morgan fingerprint density at radius 1 is 1.25 bits per heavy atom. The normalized spacial score (nSPS) is 22.1. The van der Waals surface area contributed by atoms with Crippen molar-refractivity contribution >= 4 is 0 Å². The van der Waals surface area contributed by atoms with Crippen molar-refractivity contribution in [1.82, 2.24) is 9.80 Å². The van der Waals surface area contributed by atoms with Gasteiger partial charge in [-0.15, -0.1) is 0 Å². The Balaban J connectivity index is 2.11. The third kappa shape index (κ3) is 3.32. The number of likely N-dealkylation sites (N-methyl/N-ethyl adjacent to an activating group) is 2. The highest BCUT2D eigenvalue weighted by Crippen LogP contribution is 2.34. The topological polar surface area (TPSA) is 35.9 Å². The maximum atomic E-state index is 10.7. The van der Waals surface area contributed by atoms with Crippen molar-refractivity contribution in [1.29, 1.82) is 0 Å². The molecule has 2 atom stereocenters.